The summed E-state index contributed by atoms with van der Waals surface area (Å²) in [6.45, 7) is 1.59. The van der Waals surface area contributed by atoms with Crippen LogP contribution in [0.3, 0.4) is 0 Å². The molecule has 9 nitrogen and oxygen atoms in total. The first-order valence-electron chi connectivity index (χ1n) is 13.7. The maximum atomic E-state index is 14.0. The summed E-state index contributed by atoms with van der Waals surface area (Å²) in [6, 6.07) is 16.1. The number of non-ortho nitro benzene ring substituents is 1. The van der Waals surface area contributed by atoms with Crippen LogP contribution in [-0.2, 0) is 19.2 Å². The van der Waals surface area contributed by atoms with Gasteiger partial charge in [0.2, 0.25) is 11.8 Å². The number of fused-ring (bicyclic) bond motifs is 4. The van der Waals surface area contributed by atoms with Gasteiger partial charge in [-0.2, -0.15) is 0 Å². The molecule has 0 unspecified atom stereocenters. The van der Waals surface area contributed by atoms with Gasteiger partial charge >= 0.3 is 0 Å². The summed E-state index contributed by atoms with van der Waals surface area (Å²) in [5.41, 5.74) is 2.24. The van der Waals surface area contributed by atoms with Crippen molar-refractivity contribution in [2.24, 2.45) is 17.8 Å². The first kappa shape index (κ1) is 25.8. The lowest BCUT2D eigenvalue weighted by Crippen LogP contribution is -2.39. The SMILES string of the molecule is CC1=CC(=O)C2=C(C[C@@H]3C(=CC[C@@H]4C(=O)N(c5ccc([N+](=O)[O-])cc5)C(=O)[C@@H]43)[C@@H]2c2c(O)ccc3ccccc23)C1=O. The van der Waals surface area contributed by atoms with Crippen molar-refractivity contribution in [3.8, 4) is 5.75 Å². The molecule has 4 aliphatic rings. The minimum atomic E-state index is -0.796. The van der Waals surface area contributed by atoms with Crippen molar-refractivity contribution in [1.29, 1.82) is 0 Å². The number of allylic oxidation sites excluding steroid dienone is 6. The van der Waals surface area contributed by atoms with E-state index in [4.69, 9.17) is 0 Å². The predicted octanol–water partition coefficient (Wildman–Crippen LogP) is 5.09. The summed E-state index contributed by atoms with van der Waals surface area (Å²) in [5.74, 6) is -4.27. The van der Waals surface area contributed by atoms with Gasteiger partial charge in [0.15, 0.2) is 11.6 Å². The van der Waals surface area contributed by atoms with E-state index >= 15 is 0 Å². The van der Waals surface area contributed by atoms with Crippen LogP contribution in [0.2, 0.25) is 0 Å². The van der Waals surface area contributed by atoms with Crippen molar-refractivity contribution in [1.82, 2.24) is 0 Å². The van der Waals surface area contributed by atoms with E-state index < -0.39 is 40.4 Å². The van der Waals surface area contributed by atoms with Crippen LogP contribution in [0, 0.1) is 27.9 Å². The number of Topliss-reactive ketones (excluding diaryl/α,β-unsaturated/α-hetero) is 1. The van der Waals surface area contributed by atoms with Crippen LogP contribution >= 0.6 is 0 Å². The summed E-state index contributed by atoms with van der Waals surface area (Å²) in [4.78, 5) is 66.5. The average molecular weight is 561 g/mol. The van der Waals surface area contributed by atoms with Gasteiger partial charge in [-0.1, -0.05) is 42.0 Å². The van der Waals surface area contributed by atoms with E-state index in [0.29, 0.717) is 22.3 Å². The molecule has 9 heteroatoms. The lowest BCUT2D eigenvalue weighted by Gasteiger charge is -2.42. The third-order valence-corrected chi connectivity index (χ3v) is 9.12. The van der Waals surface area contributed by atoms with Gasteiger partial charge in [0, 0.05) is 40.3 Å². The number of anilines is 1. The molecule has 1 saturated heterocycles. The molecular weight excluding hydrogens is 536 g/mol. The highest BCUT2D eigenvalue weighted by atomic mass is 16.6. The van der Waals surface area contributed by atoms with Crippen LogP contribution in [-0.4, -0.2) is 33.4 Å². The van der Waals surface area contributed by atoms with E-state index in [1.807, 2.05) is 30.3 Å². The minimum Gasteiger partial charge on any atom is -0.508 e. The minimum absolute atomic E-state index is 0.0259. The van der Waals surface area contributed by atoms with Gasteiger partial charge < -0.3 is 5.11 Å². The van der Waals surface area contributed by atoms with Crippen molar-refractivity contribution in [3.63, 3.8) is 0 Å². The van der Waals surface area contributed by atoms with Crippen molar-refractivity contribution in [2.45, 2.75) is 25.7 Å². The Balaban J connectivity index is 1.39. The topological polar surface area (TPSA) is 135 Å². The smallest absolute Gasteiger partial charge is 0.269 e. The Hall–Kier alpha value is -5.18. The summed E-state index contributed by atoms with van der Waals surface area (Å²) in [5, 5.41) is 24.0. The first-order chi connectivity index (χ1) is 20.2. The first-order valence-corrected chi connectivity index (χ1v) is 13.7. The third kappa shape index (κ3) is 3.56. The number of aromatic hydroxyl groups is 1. The third-order valence-electron chi connectivity index (χ3n) is 9.12. The predicted molar refractivity (Wildman–Crippen MR) is 153 cm³/mol. The number of carbonyl (C=O) groups excluding carboxylic acids is 4. The second-order valence-corrected chi connectivity index (χ2v) is 11.2. The summed E-state index contributed by atoms with van der Waals surface area (Å²) in [6.07, 6.45) is 3.60. The molecule has 0 bridgehead atoms. The van der Waals surface area contributed by atoms with Crippen LogP contribution < -0.4 is 4.90 Å². The van der Waals surface area contributed by atoms with E-state index in [1.54, 1.807) is 19.1 Å². The molecule has 2 amide bonds. The average Bonchev–Trinajstić information content (AvgIpc) is 3.24. The second kappa shape index (κ2) is 9.17. The van der Waals surface area contributed by atoms with Gasteiger partial charge in [0.05, 0.1) is 22.4 Å². The number of rotatable bonds is 3. The molecule has 3 aromatic carbocycles. The van der Waals surface area contributed by atoms with E-state index in [-0.39, 0.29) is 41.5 Å². The van der Waals surface area contributed by atoms with Crippen molar-refractivity contribution in [2.75, 3.05) is 4.90 Å². The highest BCUT2D eigenvalue weighted by Gasteiger charge is 2.57. The highest BCUT2D eigenvalue weighted by Crippen LogP contribution is 2.57. The molecule has 208 valence electrons. The molecule has 7 rings (SSSR count). The number of phenols is 1. The highest BCUT2D eigenvalue weighted by molar-refractivity contribution is 6.25. The largest absolute Gasteiger partial charge is 0.508 e. The molecule has 1 heterocycles. The van der Waals surface area contributed by atoms with Crippen molar-refractivity contribution >= 4 is 45.5 Å². The van der Waals surface area contributed by atoms with Crippen LogP contribution in [0.4, 0.5) is 11.4 Å². The fourth-order valence-electron chi connectivity index (χ4n) is 7.28. The van der Waals surface area contributed by atoms with Crippen LogP contribution in [0.25, 0.3) is 10.8 Å². The van der Waals surface area contributed by atoms with Gasteiger partial charge in [-0.15, -0.1) is 0 Å². The monoisotopic (exact) mass is 560 g/mol. The van der Waals surface area contributed by atoms with E-state index in [9.17, 15) is 34.4 Å². The normalized spacial score (nSPS) is 25.2. The zero-order valence-electron chi connectivity index (χ0n) is 22.4. The number of nitro benzene ring substituents is 1. The molecule has 42 heavy (non-hydrogen) atoms. The van der Waals surface area contributed by atoms with E-state index in [0.717, 1.165) is 21.2 Å². The van der Waals surface area contributed by atoms with Gasteiger partial charge in [0.1, 0.15) is 5.75 Å². The maximum absolute atomic E-state index is 14.0. The second-order valence-electron chi connectivity index (χ2n) is 11.2. The Morgan fingerprint density at radius 1 is 0.929 bits per heavy atom. The molecule has 0 radical (unpaired) electrons. The number of amides is 2. The molecule has 3 aromatic rings. The van der Waals surface area contributed by atoms with Crippen LogP contribution in [0.5, 0.6) is 5.75 Å². The van der Waals surface area contributed by atoms with E-state index in [1.165, 1.54) is 30.3 Å². The molecule has 1 fully saturated rings. The standard InChI is InChI=1S/C33H24N2O7/c1-16-14-26(37)29-24(31(16)38)15-23-21(30(29)28-20-5-3-2-4-17(20)6-13-25(28)36)11-12-22-27(23)33(40)34(32(22)39)18-7-9-19(10-8-18)35(41)42/h2-11,13-14,22-23,27,30,36H,12,15H2,1H3/t22-,23+,27-,30+/m0/s1. The molecular formula is C33H24N2O7. The van der Waals surface area contributed by atoms with Crippen molar-refractivity contribution < 1.29 is 29.2 Å². The van der Waals surface area contributed by atoms with Crippen molar-refractivity contribution in [3.05, 3.63) is 111 Å². The number of ketones is 2. The summed E-state index contributed by atoms with van der Waals surface area (Å²) in [7, 11) is 0. The van der Waals surface area contributed by atoms with Gasteiger partial charge in [0.25, 0.3) is 5.69 Å². The fraction of sp³-hybridized carbons (Fsp3) is 0.212. The van der Waals surface area contributed by atoms with E-state index in [2.05, 4.69) is 0 Å². The Morgan fingerprint density at radius 3 is 2.40 bits per heavy atom. The molecule has 0 aromatic heterocycles. The molecule has 3 aliphatic carbocycles. The molecule has 0 saturated carbocycles. The van der Waals surface area contributed by atoms with Gasteiger partial charge in [-0.3, -0.25) is 34.2 Å². The fourth-order valence-corrected chi connectivity index (χ4v) is 7.28. The number of hydrogen-bond acceptors (Lipinski definition) is 7. The maximum Gasteiger partial charge on any atom is 0.269 e. The Bertz CT molecular complexity index is 1880. The van der Waals surface area contributed by atoms with Crippen LogP contribution in [0.1, 0.15) is 31.2 Å². The number of hydrogen-bond donors (Lipinski definition) is 1. The summed E-state index contributed by atoms with van der Waals surface area (Å²) < 4.78 is 0. The lowest BCUT2D eigenvalue weighted by molar-refractivity contribution is -0.384. The van der Waals surface area contributed by atoms with Gasteiger partial charge in [-0.25, -0.2) is 0 Å². The zero-order valence-corrected chi connectivity index (χ0v) is 22.4. The molecule has 0 spiro atoms. The lowest BCUT2D eigenvalue weighted by atomic mass is 9.59. The Morgan fingerprint density at radius 2 is 1.67 bits per heavy atom. The number of benzene rings is 3. The Labute approximate surface area is 239 Å². The summed E-state index contributed by atoms with van der Waals surface area (Å²) >= 11 is 0. The number of nitrogens with zero attached hydrogens (tertiary/aromatic N) is 2. The number of phenolic OH excluding ortho intramolecular Hbond substituents is 1. The molecule has 1 aliphatic heterocycles. The number of carbonyl (C=O) groups is 4. The molecule has 4 atom stereocenters. The quantitative estimate of drug-likeness (QED) is 0.155. The van der Waals surface area contributed by atoms with Crippen LogP contribution in [0.15, 0.2) is 95.1 Å². The number of nitro groups is 1. The van der Waals surface area contributed by atoms with Gasteiger partial charge in [-0.05, 0) is 60.7 Å². The molecule has 1 N–H and O–H groups in total. The zero-order chi connectivity index (χ0) is 29.4. The Kier molecular flexibility index (Phi) is 5.63. The number of imide groups is 1.